The molecule has 1 aliphatic heterocycles. The number of aromatic nitrogens is 2. The maximum absolute atomic E-state index is 12.3. The van der Waals surface area contributed by atoms with Crippen LogP contribution >= 0.6 is 0 Å². The Kier molecular flexibility index (Phi) is 6.24. The summed E-state index contributed by atoms with van der Waals surface area (Å²) in [6.07, 6.45) is 0. The minimum absolute atomic E-state index is 0.00545. The molecule has 1 aromatic carbocycles. The number of hydrogen-bond donors (Lipinski definition) is 0. The third kappa shape index (κ3) is 4.27. The average Bonchev–Trinajstić information content (AvgIpc) is 2.75. The third-order valence-corrected chi connectivity index (χ3v) is 5.15. The zero-order chi connectivity index (χ0) is 21.0. The van der Waals surface area contributed by atoms with E-state index < -0.39 is 11.2 Å². The summed E-state index contributed by atoms with van der Waals surface area (Å²) in [6, 6.07) is 9.42. The average molecular weight is 399 g/mol. The van der Waals surface area contributed by atoms with Crippen molar-refractivity contribution in [3.05, 3.63) is 50.7 Å². The van der Waals surface area contributed by atoms with Crippen LogP contribution in [0, 0.1) is 11.3 Å². The molecule has 0 amide bonds. The van der Waals surface area contributed by atoms with E-state index >= 15 is 0 Å². The van der Waals surface area contributed by atoms with E-state index in [1.165, 1.54) is 11.6 Å². The first-order valence-electron chi connectivity index (χ1n) is 9.40. The minimum atomic E-state index is -0.555. The maximum atomic E-state index is 12.3. The Labute approximate surface area is 168 Å². The van der Waals surface area contributed by atoms with Crippen LogP contribution in [0.15, 0.2) is 33.9 Å². The van der Waals surface area contributed by atoms with E-state index in [4.69, 9.17) is 9.47 Å². The lowest BCUT2D eigenvalue weighted by molar-refractivity contribution is 0.200. The van der Waals surface area contributed by atoms with Crippen molar-refractivity contribution < 1.29 is 9.47 Å². The number of nitrogens with zero attached hydrogens (tertiary/aromatic N) is 5. The molecule has 1 fully saturated rings. The fourth-order valence-electron chi connectivity index (χ4n) is 3.45. The second kappa shape index (κ2) is 8.84. The summed E-state index contributed by atoms with van der Waals surface area (Å²) in [5, 5.41) is 9.44. The number of piperazine rings is 1. The summed E-state index contributed by atoms with van der Waals surface area (Å²) in [5.41, 5.74) is -0.980. The summed E-state index contributed by atoms with van der Waals surface area (Å²) < 4.78 is 13.3. The van der Waals surface area contributed by atoms with Gasteiger partial charge in [-0.05, 0) is 24.3 Å². The normalized spacial score (nSPS) is 14.5. The van der Waals surface area contributed by atoms with Crippen LogP contribution in [0.5, 0.6) is 11.5 Å². The second-order valence-corrected chi connectivity index (χ2v) is 6.87. The van der Waals surface area contributed by atoms with Crippen molar-refractivity contribution in [2.45, 2.75) is 0 Å². The van der Waals surface area contributed by atoms with E-state index in [-0.39, 0.29) is 5.56 Å². The molecule has 1 aromatic heterocycles. The highest BCUT2D eigenvalue weighted by Crippen LogP contribution is 2.18. The number of methoxy groups -OCH3 is 1. The molecule has 2 aromatic rings. The highest BCUT2D eigenvalue weighted by Gasteiger charge is 2.24. The zero-order valence-corrected chi connectivity index (χ0v) is 16.9. The molecule has 0 bridgehead atoms. The third-order valence-electron chi connectivity index (χ3n) is 5.15. The Balaban J connectivity index is 1.59. The van der Waals surface area contributed by atoms with Crippen molar-refractivity contribution in [2.24, 2.45) is 14.1 Å². The Morgan fingerprint density at radius 3 is 2.21 bits per heavy atom. The van der Waals surface area contributed by atoms with E-state index in [9.17, 15) is 14.9 Å². The molecule has 0 atom stereocenters. The molecule has 9 heteroatoms. The van der Waals surface area contributed by atoms with Crippen molar-refractivity contribution in [1.82, 2.24) is 14.0 Å². The van der Waals surface area contributed by atoms with Crippen LogP contribution in [0.1, 0.15) is 5.56 Å². The van der Waals surface area contributed by atoms with Crippen molar-refractivity contribution in [1.29, 1.82) is 5.26 Å². The predicted octanol–water partition coefficient (Wildman–Crippen LogP) is 0.165. The van der Waals surface area contributed by atoms with Crippen molar-refractivity contribution in [3.8, 4) is 17.6 Å². The summed E-state index contributed by atoms with van der Waals surface area (Å²) in [5.74, 6) is 1.98. The SMILES string of the molecule is COc1ccc(OCCN2CCN(c3c(C#N)c(=O)n(C)c(=O)n3C)CC2)cc1. The molecule has 0 saturated carbocycles. The topological polar surface area (TPSA) is 92.7 Å². The summed E-state index contributed by atoms with van der Waals surface area (Å²) in [6.45, 7) is 4.07. The van der Waals surface area contributed by atoms with Crippen molar-refractivity contribution in [3.63, 3.8) is 0 Å². The Morgan fingerprint density at radius 1 is 1.00 bits per heavy atom. The molecular weight excluding hydrogens is 374 g/mol. The van der Waals surface area contributed by atoms with Gasteiger partial charge in [-0.2, -0.15) is 5.26 Å². The highest BCUT2D eigenvalue weighted by atomic mass is 16.5. The summed E-state index contributed by atoms with van der Waals surface area (Å²) in [4.78, 5) is 28.7. The number of benzene rings is 1. The molecule has 0 spiro atoms. The molecule has 9 nitrogen and oxygen atoms in total. The van der Waals surface area contributed by atoms with Gasteiger partial charge in [0.05, 0.1) is 7.11 Å². The van der Waals surface area contributed by atoms with E-state index in [0.717, 1.165) is 35.7 Å². The van der Waals surface area contributed by atoms with Gasteiger partial charge in [-0.1, -0.05) is 0 Å². The molecule has 2 heterocycles. The molecule has 154 valence electrons. The first-order valence-corrected chi connectivity index (χ1v) is 9.40. The molecule has 0 aliphatic carbocycles. The van der Waals surface area contributed by atoms with E-state index in [0.29, 0.717) is 25.5 Å². The first-order chi connectivity index (χ1) is 14.0. The maximum Gasteiger partial charge on any atom is 0.332 e. The van der Waals surface area contributed by atoms with Gasteiger partial charge in [-0.3, -0.25) is 18.8 Å². The number of anilines is 1. The van der Waals surface area contributed by atoms with Gasteiger partial charge in [0, 0.05) is 46.8 Å². The number of rotatable bonds is 6. The molecule has 1 aliphatic rings. The van der Waals surface area contributed by atoms with Crippen LogP contribution in [-0.2, 0) is 14.1 Å². The number of hydrogen-bond acceptors (Lipinski definition) is 7. The van der Waals surface area contributed by atoms with Gasteiger partial charge in [0.2, 0.25) is 0 Å². The second-order valence-electron chi connectivity index (χ2n) is 6.87. The lowest BCUT2D eigenvalue weighted by atomic mass is 10.2. The number of ether oxygens (including phenoxy) is 2. The molecule has 0 unspecified atom stereocenters. The fourth-order valence-corrected chi connectivity index (χ4v) is 3.45. The van der Waals surface area contributed by atoms with Crippen molar-refractivity contribution >= 4 is 5.82 Å². The van der Waals surface area contributed by atoms with Crippen LogP contribution in [0.3, 0.4) is 0 Å². The van der Waals surface area contributed by atoms with Crippen molar-refractivity contribution in [2.75, 3.05) is 51.3 Å². The molecule has 3 rings (SSSR count). The van der Waals surface area contributed by atoms with Crippen LogP contribution in [0.25, 0.3) is 0 Å². The standard InChI is InChI=1S/C20H25N5O4/c1-22-18(17(14-21)19(26)23(2)20(22)27)25-10-8-24(9-11-25)12-13-29-16-6-4-15(28-3)5-7-16/h4-7H,8-13H2,1-3H3. The lowest BCUT2D eigenvalue weighted by Crippen LogP contribution is -2.50. The van der Waals surface area contributed by atoms with Gasteiger partial charge in [0.1, 0.15) is 30.0 Å². The summed E-state index contributed by atoms with van der Waals surface area (Å²) in [7, 11) is 4.60. The van der Waals surface area contributed by atoms with Crippen LogP contribution < -0.4 is 25.6 Å². The van der Waals surface area contributed by atoms with E-state index in [2.05, 4.69) is 4.90 Å². The fraction of sp³-hybridized carbons (Fsp3) is 0.450. The minimum Gasteiger partial charge on any atom is -0.497 e. The van der Waals surface area contributed by atoms with Gasteiger partial charge >= 0.3 is 5.69 Å². The lowest BCUT2D eigenvalue weighted by Gasteiger charge is -2.36. The van der Waals surface area contributed by atoms with Gasteiger partial charge in [0.25, 0.3) is 5.56 Å². The molecule has 0 radical (unpaired) electrons. The van der Waals surface area contributed by atoms with Gasteiger partial charge in [0.15, 0.2) is 5.56 Å². The van der Waals surface area contributed by atoms with Gasteiger partial charge < -0.3 is 14.4 Å². The largest absolute Gasteiger partial charge is 0.497 e. The van der Waals surface area contributed by atoms with E-state index in [1.54, 1.807) is 14.2 Å². The van der Waals surface area contributed by atoms with Crippen LogP contribution in [0.2, 0.25) is 0 Å². The molecule has 0 N–H and O–H groups in total. The number of nitriles is 1. The Bertz CT molecular complexity index is 1010. The molecular formula is C20H25N5O4. The van der Waals surface area contributed by atoms with Gasteiger partial charge in [-0.15, -0.1) is 0 Å². The Morgan fingerprint density at radius 2 is 1.62 bits per heavy atom. The quantitative estimate of drug-likeness (QED) is 0.683. The van der Waals surface area contributed by atoms with Crippen LogP contribution in [-0.4, -0.2) is 60.5 Å². The smallest absolute Gasteiger partial charge is 0.332 e. The first kappa shape index (κ1) is 20.5. The highest BCUT2D eigenvalue weighted by molar-refractivity contribution is 5.53. The zero-order valence-electron chi connectivity index (χ0n) is 16.9. The molecule has 1 saturated heterocycles. The van der Waals surface area contributed by atoms with E-state index in [1.807, 2.05) is 35.2 Å². The Hall–Kier alpha value is -3.25. The van der Waals surface area contributed by atoms with Crippen LogP contribution in [0.4, 0.5) is 5.82 Å². The van der Waals surface area contributed by atoms with Gasteiger partial charge in [-0.25, -0.2) is 4.79 Å². The molecule has 29 heavy (non-hydrogen) atoms. The monoisotopic (exact) mass is 399 g/mol. The predicted molar refractivity (Wildman–Crippen MR) is 109 cm³/mol. The summed E-state index contributed by atoms with van der Waals surface area (Å²) >= 11 is 0.